The predicted octanol–water partition coefficient (Wildman–Crippen LogP) is 3.99. The molecule has 0 aromatic heterocycles. The molecule has 5 heteroatoms. The first-order chi connectivity index (χ1) is 12.2. The molecule has 1 unspecified atom stereocenters. The molecular formula is C21H27NO3S. The molecule has 140 valence electrons. The number of ether oxygens (including phenoxy) is 1. The zero-order chi connectivity index (χ0) is 19.1. The average molecular weight is 374 g/mol. The van der Waals surface area contributed by atoms with Crippen molar-refractivity contribution in [2.45, 2.75) is 45.6 Å². The highest BCUT2D eigenvalue weighted by Crippen LogP contribution is 2.32. The lowest BCUT2D eigenvalue weighted by molar-refractivity contribution is -0.00258. The van der Waals surface area contributed by atoms with E-state index in [4.69, 9.17) is 4.74 Å². The molecule has 1 saturated heterocycles. The van der Waals surface area contributed by atoms with Gasteiger partial charge in [0.2, 0.25) is 10.0 Å². The summed E-state index contributed by atoms with van der Waals surface area (Å²) in [6.07, 6.45) is -0.231. The average Bonchev–Trinajstić information content (AvgIpc) is 2.61. The Balaban J connectivity index is 1.96. The molecule has 0 bridgehead atoms. The van der Waals surface area contributed by atoms with E-state index in [0.717, 1.165) is 27.8 Å². The molecule has 0 radical (unpaired) electrons. The highest BCUT2D eigenvalue weighted by molar-refractivity contribution is 7.89. The molecule has 1 heterocycles. The van der Waals surface area contributed by atoms with Crippen molar-refractivity contribution >= 4 is 10.0 Å². The molecule has 3 rings (SSSR count). The Bertz CT molecular complexity index is 891. The Morgan fingerprint density at radius 2 is 1.54 bits per heavy atom. The minimum atomic E-state index is -3.56. The highest BCUT2D eigenvalue weighted by Gasteiger charge is 2.34. The van der Waals surface area contributed by atoms with Crippen LogP contribution in [0.25, 0.3) is 0 Å². The molecule has 26 heavy (non-hydrogen) atoms. The topological polar surface area (TPSA) is 46.6 Å². The van der Waals surface area contributed by atoms with Gasteiger partial charge in [0.1, 0.15) is 0 Å². The van der Waals surface area contributed by atoms with E-state index < -0.39 is 10.0 Å². The molecule has 1 aliphatic heterocycles. The van der Waals surface area contributed by atoms with Crippen molar-refractivity contribution in [3.63, 3.8) is 0 Å². The Morgan fingerprint density at radius 3 is 2.12 bits per heavy atom. The summed E-state index contributed by atoms with van der Waals surface area (Å²) in [5.41, 5.74) is 5.89. The zero-order valence-corrected chi connectivity index (χ0v) is 17.0. The van der Waals surface area contributed by atoms with Crippen molar-refractivity contribution < 1.29 is 13.2 Å². The second-order valence-electron chi connectivity index (χ2n) is 7.22. The van der Waals surface area contributed by atoms with Gasteiger partial charge in [0, 0.05) is 13.1 Å². The van der Waals surface area contributed by atoms with Crippen LogP contribution in [0.5, 0.6) is 0 Å². The van der Waals surface area contributed by atoms with Gasteiger partial charge in [-0.05, 0) is 62.4 Å². The van der Waals surface area contributed by atoms with Crippen molar-refractivity contribution in [3.05, 3.63) is 63.7 Å². The smallest absolute Gasteiger partial charge is 0.243 e. The number of hydrogen-bond donors (Lipinski definition) is 0. The van der Waals surface area contributed by atoms with Gasteiger partial charge in [-0.2, -0.15) is 4.31 Å². The first-order valence-corrected chi connectivity index (χ1v) is 10.4. The normalized spacial score (nSPS) is 18.9. The second kappa shape index (κ2) is 7.14. The van der Waals surface area contributed by atoms with Gasteiger partial charge in [-0.3, -0.25) is 0 Å². The highest BCUT2D eigenvalue weighted by atomic mass is 32.2. The van der Waals surface area contributed by atoms with Crippen molar-refractivity contribution in [1.82, 2.24) is 4.31 Å². The lowest BCUT2D eigenvalue weighted by Crippen LogP contribution is -2.42. The van der Waals surface area contributed by atoms with E-state index in [1.54, 1.807) is 4.31 Å². The third kappa shape index (κ3) is 3.43. The van der Waals surface area contributed by atoms with Crippen molar-refractivity contribution in [2.75, 3.05) is 19.7 Å². The molecule has 1 aliphatic rings. The van der Waals surface area contributed by atoms with Gasteiger partial charge >= 0.3 is 0 Å². The molecule has 2 aromatic rings. The third-order valence-electron chi connectivity index (χ3n) is 5.37. The lowest BCUT2D eigenvalue weighted by Gasteiger charge is -2.33. The number of rotatable bonds is 3. The number of aryl methyl sites for hydroxylation is 3. The lowest BCUT2D eigenvalue weighted by atomic mass is 10.0. The van der Waals surface area contributed by atoms with Gasteiger partial charge in [0.25, 0.3) is 0 Å². The Hall–Kier alpha value is -1.69. The quantitative estimate of drug-likeness (QED) is 0.817. The maximum Gasteiger partial charge on any atom is 0.243 e. The summed E-state index contributed by atoms with van der Waals surface area (Å²) in [6, 6.07) is 10.2. The summed E-state index contributed by atoms with van der Waals surface area (Å²) >= 11 is 0. The van der Waals surface area contributed by atoms with Crippen LogP contribution in [-0.2, 0) is 14.8 Å². The molecule has 1 fully saturated rings. The molecule has 0 N–H and O–H groups in total. The van der Waals surface area contributed by atoms with E-state index in [0.29, 0.717) is 24.6 Å². The van der Waals surface area contributed by atoms with Crippen molar-refractivity contribution in [2.24, 2.45) is 0 Å². The second-order valence-corrected chi connectivity index (χ2v) is 9.10. The van der Waals surface area contributed by atoms with Crippen LogP contribution in [0.4, 0.5) is 0 Å². The largest absolute Gasteiger partial charge is 0.371 e. The molecule has 0 saturated carbocycles. The molecule has 0 spiro atoms. The fourth-order valence-corrected chi connectivity index (χ4v) is 5.52. The summed E-state index contributed by atoms with van der Waals surface area (Å²) < 4.78 is 34.3. The summed E-state index contributed by atoms with van der Waals surface area (Å²) in [4.78, 5) is 0.458. The third-order valence-corrected chi connectivity index (χ3v) is 7.51. The van der Waals surface area contributed by atoms with Gasteiger partial charge in [-0.15, -0.1) is 0 Å². The molecule has 1 atom stereocenters. The number of benzene rings is 2. The van der Waals surface area contributed by atoms with Crippen LogP contribution in [0.1, 0.15) is 39.5 Å². The number of sulfonamides is 1. The molecule has 4 nitrogen and oxygen atoms in total. The zero-order valence-electron chi connectivity index (χ0n) is 16.2. The number of morpholine rings is 1. The van der Waals surface area contributed by atoms with Gasteiger partial charge in [-0.25, -0.2) is 8.42 Å². The van der Waals surface area contributed by atoms with E-state index in [1.807, 2.05) is 58.9 Å². The Kier molecular flexibility index (Phi) is 5.24. The van der Waals surface area contributed by atoms with E-state index in [2.05, 4.69) is 6.07 Å². The van der Waals surface area contributed by atoms with Crippen molar-refractivity contribution in [3.8, 4) is 0 Å². The fraction of sp³-hybridized carbons (Fsp3) is 0.429. The Morgan fingerprint density at radius 1 is 0.962 bits per heavy atom. The maximum atomic E-state index is 13.4. The van der Waals surface area contributed by atoms with Crippen LogP contribution in [-0.4, -0.2) is 32.4 Å². The van der Waals surface area contributed by atoms with Crippen molar-refractivity contribution in [1.29, 1.82) is 0 Å². The summed E-state index contributed by atoms with van der Waals surface area (Å²) in [5, 5.41) is 0. The molecule has 2 aromatic carbocycles. The van der Waals surface area contributed by atoms with Gasteiger partial charge in [0.05, 0.1) is 17.6 Å². The van der Waals surface area contributed by atoms with Crippen LogP contribution in [0, 0.1) is 34.6 Å². The van der Waals surface area contributed by atoms with Crippen LogP contribution < -0.4 is 0 Å². The van der Waals surface area contributed by atoms with E-state index in [-0.39, 0.29) is 6.10 Å². The molecular weight excluding hydrogens is 346 g/mol. The first-order valence-electron chi connectivity index (χ1n) is 8.97. The van der Waals surface area contributed by atoms with E-state index in [9.17, 15) is 8.42 Å². The van der Waals surface area contributed by atoms with E-state index in [1.165, 1.54) is 5.56 Å². The molecule has 0 aliphatic carbocycles. The van der Waals surface area contributed by atoms with Gasteiger partial charge in [-0.1, -0.05) is 35.9 Å². The fourth-order valence-electron chi connectivity index (χ4n) is 3.52. The monoisotopic (exact) mass is 373 g/mol. The standard InChI is InChI=1S/C21H27NO3S/c1-14-6-8-19(9-7-14)20-13-22(10-11-25-20)26(23,24)21-17(4)15(2)12-16(3)18(21)5/h6-9,12,20H,10-11,13H2,1-5H3. The van der Waals surface area contributed by atoms with Crippen LogP contribution in [0.3, 0.4) is 0 Å². The van der Waals surface area contributed by atoms with Crippen LogP contribution in [0.15, 0.2) is 35.2 Å². The summed E-state index contributed by atoms with van der Waals surface area (Å²) in [5.74, 6) is 0. The Labute approximate surface area is 156 Å². The number of hydrogen-bond acceptors (Lipinski definition) is 3. The van der Waals surface area contributed by atoms with Crippen LogP contribution in [0.2, 0.25) is 0 Å². The van der Waals surface area contributed by atoms with Gasteiger partial charge < -0.3 is 4.74 Å². The number of nitrogens with zero attached hydrogens (tertiary/aromatic N) is 1. The van der Waals surface area contributed by atoms with Crippen LogP contribution >= 0.6 is 0 Å². The summed E-state index contributed by atoms with van der Waals surface area (Å²) in [7, 11) is -3.56. The molecule has 0 amide bonds. The minimum absolute atomic E-state index is 0.231. The van der Waals surface area contributed by atoms with Gasteiger partial charge in [0.15, 0.2) is 0 Å². The predicted molar refractivity (Wildman–Crippen MR) is 104 cm³/mol. The minimum Gasteiger partial charge on any atom is -0.371 e. The van der Waals surface area contributed by atoms with E-state index >= 15 is 0 Å². The first kappa shape index (κ1) is 19.1. The maximum absolute atomic E-state index is 13.4. The SMILES string of the molecule is Cc1ccc(C2CN(S(=O)(=O)c3c(C)c(C)cc(C)c3C)CCO2)cc1. The summed E-state index contributed by atoms with van der Waals surface area (Å²) in [6.45, 7) is 10.9.